The van der Waals surface area contributed by atoms with E-state index in [0.717, 1.165) is 12.2 Å². The molecule has 0 radical (unpaired) electrons. The fourth-order valence-corrected chi connectivity index (χ4v) is 3.01. The van der Waals surface area contributed by atoms with Crippen LogP contribution in [0.4, 0.5) is 10.1 Å². The molecule has 0 heterocycles. The summed E-state index contributed by atoms with van der Waals surface area (Å²) < 4.78 is 30.1. The summed E-state index contributed by atoms with van der Waals surface area (Å²) in [5.41, 5.74) is 2.37. The van der Waals surface area contributed by atoms with Gasteiger partial charge in [-0.2, -0.15) is 0 Å². The van der Waals surface area contributed by atoms with Gasteiger partial charge in [-0.1, -0.05) is 38.1 Å². The standard InChI is InChI=1S/C23H28FNO4/c1-16(2)13-25(3)18-10-11-22(21(24)12-18)29-14-17-8-6-7-9-19(17)20(15-27-4)23(26)28-5/h6-12,15-16H,13-14H2,1-5H3/b20-15-. The van der Waals surface area contributed by atoms with E-state index in [0.29, 0.717) is 17.0 Å². The largest absolute Gasteiger partial charge is 0.503 e. The highest BCUT2D eigenvalue weighted by molar-refractivity contribution is 6.16. The number of anilines is 1. The maximum absolute atomic E-state index is 14.6. The minimum absolute atomic E-state index is 0.0896. The van der Waals surface area contributed by atoms with E-state index in [1.165, 1.54) is 26.5 Å². The molecule has 0 N–H and O–H groups in total. The summed E-state index contributed by atoms with van der Waals surface area (Å²) in [5, 5.41) is 0. The molecular formula is C23H28FNO4. The summed E-state index contributed by atoms with van der Waals surface area (Å²) in [7, 11) is 4.69. The van der Waals surface area contributed by atoms with Gasteiger partial charge in [-0.05, 0) is 29.2 Å². The van der Waals surface area contributed by atoms with Crippen molar-refractivity contribution >= 4 is 17.2 Å². The van der Waals surface area contributed by atoms with Crippen molar-refractivity contribution in [1.82, 2.24) is 0 Å². The maximum atomic E-state index is 14.6. The summed E-state index contributed by atoms with van der Waals surface area (Å²) in [6.45, 7) is 5.15. The van der Waals surface area contributed by atoms with Crippen LogP contribution in [-0.4, -0.2) is 33.8 Å². The summed E-state index contributed by atoms with van der Waals surface area (Å²) in [6.07, 6.45) is 1.32. The third-order valence-corrected chi connectivity index (χ3v) is 4.33. The Morgan fingerprint density at radius 3 is 2.52 bits per heavy atom. The minimum Gasteiger partial charge on any atom is -0.503 e. The number of nitrogens with zero attached hydrogens (tertiary/aromatic N) is 1. The van der Waals surface area contributed by atoms with E-state index in [2.05, 4.69) is 13.8 Å². The maximum Gasteiger partial charge on any atom is 0.341 e. The number of rotatable bonds is 9. The average Bonchev–Trinajstić information content (AvgIpc) is 2.70. The van der Waals surface area contributed by atoms with Gasteiger partial charge in [0.15, 0.2) is 11.6 Å². The van der Waals surface area contributed by atoms with Crippen LogP contribution in [0.1, 0.15) is 25.0 Å². The number of halogens is 1. The molecule has 156 valence electrons. The lowest BCUT2D eigenvalue weighted by molar-refractivity contribution is -0.133. The third kappa shape index (κ3) is 5.98. The van der Waals surface area contributed by atoms with Crippen LogP contribution in [0.3, 0.4) is 0 Å². The Bertz CT molecular complexity index is 864. The van der Waals surface area contributed by atoms with Gasteiger partial charge < -0.3 is 19.1 Å². The fraction of sp³-hybridized carbons (Fsp3) is 0.348. The molecule has 5 nitrogen and oxygen atoms in total. The first-order valence-corrected chi connectivity index (χ1v) is 9.40. The molecule has 6 heteroatoms. The molecule has 2 aromatic rings. The van der Waals surface area contributed by atoms with Crippen LogP contribution in [0.15, 0.2) is 48.7 Å². The second-order valence-corrected chi connectivity index (χ2v) is 7.09. The van der Waals surface area contributed by atoms with Gasteiger partial charge in [-0.15, -0.1) is 0 Å². The zero-order valence-electron chi connectivity index (χ0n) is 17.6. The lowest BCUT2D eigenvalue weighted by Crippen LogP contribution is -2.22. The van der Waals surface area contributed by atoms with Crippen molar-refractivity contribution in [3.8, 4) is 5.75 Å². The molecule has 2 rings (SSSR count). The fourth-order valence-electron chi connectivity index (χ4n) is 3.01. The quantitative estimate of drug-likeness (QED) is 0.348. The highest BCUT2D eigenvalue weighted by Crippen LogP contribution is 2.26. The first kappa shape index (κ1) is 22.3. The SMILES string of the molecule is CO/C=C(\C(=O)OC)c1ccccc1COc1ccc(N(C)CC(C)C)cc1F. The Morgan fingerprint density at radius 1 is 1.17 bits per heavy atom. The van der Waals surface area contributed by atoms with Crippen LogP contribution in [0.2, 0.25) is 0 Å². The Hall–Kier alpha value is -3.02. The molecule has 0 aliphatic rings. The predicted octanol–water partition coefficient (Wildman–Crippen LogP) is 4.66. The zero-order valence-corrected chi connectivity index (χ0v) is 17.6. The lowest BCUT2D eigenvalue weighted by Gasteiger charge is -2.22. The van der Waals surface area contributed by atoms with Gasteiger partial charge >= 0.3 is 5.97 Å². The second kappa shape index (κ2) is 10.5. The Morgan fingerprint density at radius 2 is 1.90 bits per heavy atom. The van der Waals surface area contributed by atoms with Gasteiger partial charge in [0.2, 0.25) is 0 Å². The number of ether oxygens (including phenoxy) is 3. The first-order chi connectivity index (χ1) is 13.9. The average molecular weight is 401 g/mol. The van der Waals surface area contributed by atoms with E-state index in [1.54, 1.807) is 18.2 Å². The van der Waals surface area contributed by atoms with Crippen molar-refractivity contribution in [3.05, 3.63) is 65.7 Å². The smallest absolute Gasteiger partial charge is 0.341 e. The van der Waals surface area contributed by atoms with Crippen molar-refractivity contribution in [2.75, 3.05) is 32.7 Å². The highest BCUT2D eigenvalue weighted by Gasteiger charge is 2.17. The van der Waals surface area contributed by atoms with Crippen molar-refractivity contribution in [2.24, 2.45) is 5.92 Å². The number of esters is 1. The first-order valence-electron chi connectivity index (χ1n) is 9.40. The van der Waals surface area contributed by atoms with E-state index in [4.69, 9.17) is 14.2 Å². The third-order valence-electron chi connectivity index (χ3n) is 4.33. The van der Waals surface area contributed by atoms with Crippen molar-refractivity contribution in [1.29, 1.82) is 0 Å². The molecule has 0 saturated heterocycles. The molecule has 0 aliphatic carbocycles. The van der Waals surface area contributed by atoms with E-state index in [-0.39, 0.29) is 17.9 Å². The Labute approximate surface area is 171 Å². The van der Waals surface area contributed by atoms with E-state index >= 15 is 0 Å². The van der Waals surface area contributed by atoms with Crippen LogP contribution < -0.4 is 9.64 Å². The monoisotopic (exact) mass is 401 g/mol. The van der Waals surface area contributed by atoms with Crippen LogP contribution in [0.25, 0.3) is 5.57 Å². The number of methoxy groups -OCH3 is 2. The predicted molar refractivity (Wildman–Crippen MR) is 112 cm³/mol. The Kier molecular flexibility index (Phi) is 8.07. The van der Waals surface area contributed by atoms with Crippen LogP contribution >= 0.6 is 0 Å². The van der Waals surface area contributed by atoms with Crippen molar-refractivity contribution in [2.45, 2.75) is 20.5 Å². The van der Waals surface area contributed by atoms with Gasteiger partial charge in [0.25, 0.3) is 0 Å². The summed E-state index contributed by atoms with van der Waals surface area (Å²) in [5.74, 6) is -0.337. The molecule has 0 fully saturated rings. The molecule has 2 aromatic carbocycles. The normalized spacial score (nSPS) is 11.3. The van der Waals surface area contributed by atoms with Crippen LogP contribution in [-0.2, 0) is 20.9 Å². The molecule has 0 aliphatic heterocycles. The minimum atomic E-state index is -0.525. The molecular weight excluding hydrogens is 373 g/mol. The topological polar surface area (TPSA) is 48.0 Å². The summed E-state index contributed by atoms with van der Waals surface area (Å²) in [4.78, 5) is 14.1. The molecule has 0 unspecified atom stereocenters. The number of hydrogen-bond acceptors (Lipinski definition) is 5. The van der Waals surface area contributed by atoms with E-state index < -0.39 is 11.8 Å². The number of benzene rings is 2. The van der Waals surface area contributed by atoms with E-state index in [9.17, 15) is 9.18 Å². The molecule has 0 spiro atoms. The van der Waals surface area contributed by atoms with Gasteiger partial charge in [-0.25, -0.2) is 9.18 Å². The summed E-state index contributed by atoms with van der Waals surface area (Å²) in [6, 6.07) is 12.1. The molecule has 29 heavy (non-hydrogen) atoms. The molecule has 0 aromatic heterocycles. The lowest BCUT2D eigenvalue weighted by atomic mass is 10.0. The number of hydrogen-bond donors (Lipinski definition) is 0. The molecule has 0 atom stereocenters. The van der Waals surface area contributed by atoms with Crippen molar-refractivity contribution < 1.29 is 23.4 Å². The van der Waals surface area contributed by atoms with Gasteiger partial charge in [-0.3, -0.25) is 0 Å². The van der Waals surface area contributed by atoms with Gasteiger partial charge in [0, 0.05) is 25.3 Å². The highest BCUT2D eigenvalue weighted by atomic mass is 19.1. The van der Waals surface area contributed by atoms with Gasteiger partial charge in [0.1, 0.15) is 12.2 Å². The van der Waals surface area contributed by atoms with Gasteiger partial charge in [0.05, 0.1) is 20.5 Å². The number of carbonyl (C=O) groups excluding carboxylic acids is 1. The molecule has 0 saturated carbocycles. The Balaban J connectivity index is 2.20. The van der Waals surface area contributed by atoms with Crippen LogP contribution in [0.5, 0.6) is 5.75 Å². The zero-order chi connectivity index (χ0) is 21.4. The van der Waals surface area contributed by atoms with Crippen molar-refractivity contribution in [3.63, 3.8) is 0 Å². The summed E-state index contributed by atoms with van der Waals surface area (Å²) >= 11 is 0. The molecule has 0 bridgehead atoms. The second-order valence-electron chi connectivity index (χ2n) is 7.09. The van der Waals surface area contributed by atoms with Crippen LogP contribution in [0, 0.1) is 11.7 Å². The molecule has 0 amide bonds. The van der Waals surface area contributed by atoms with E-state index in [1.807, 2.05) is 30.1 Å². The number of carbonyl (C=O) groups is 1.